The van der Waals surface area contributed by atoms with Crippen LogP contribution in [-0.2, 0) is 27.0 Å². The molecule has 0 aromatic heterocycles. The first-order valence-corrected chi connectivity index (χ1v) is 13.7. The van der Waals surface area contributed by atoms with Crippen molar-refractivity contribution in [2.75, 3.05) is 39.3 Å². The number of nitrogens with one attached hydrogen (secondary N) is 3. The molecule has 13 heteroatoms. The van der Waals surface area contributed by atoms with Gasteiger partial charge in [-0.25, -0.2) is 0 Å². The lowest BCUT2D eigenvalue weighted by Crippen LogP contribution is -2.50. The lowest BCUT2D eigenvalue weighted by Gasteiger charge is -2.24. The lowest BCUT2D eigenvalue weighted by atomic mass is 10.0. The second-order valence-electron chi connectivity index (χ2n) is 9.77. The second kappa shape index (κ2) is 17.1. The third-order valence-electron chi connectivity index (χ3n) is 6.46. The summed E-state index contributed by atoms with van der Waals surface area (Å²) in [6, 6.07) is 12.3. The number of carbonyl (C=O) groups is 4. The standard InChI is InChI=1S/C29H39F3N6O4/c1-20(19-25(39)38(17-13-33)18-14-34)26(40)37-24(12-7-21-5-3-2-4-6-21)28(42)36-16-15-35-27(41)22-8-10-23(11-9-22)29(30,31)32/h2-6,8-11,20,24H,7,12-19,33-34H2,1H3,(H,35,41)(H,36,42)(H,37,40)/t20-,24-/m0/s1. The largest absolute Gasteiger partial charge is 0.416 e. The molecule has 2 aromatic carbocycles. The Bertz CT molecular complexity index is 1160. The minimum Gasteiger partial charge on any atom is -0.353 e. The van der Waals surface area contributed by atoms with E-state index in [-0.39, 0.29) is 50.5 Å². The van der Waals surface area contributed by atoms with Crippen LogP contribution in [0.1, 0.15) is 41.3 Å². The van der Waals surface area contributed by atoms with E-state index in [2.05, 4.69) is 16.0 Å². The molecule has 0 fully saturated rings. The number of carbonyl (C=O) groups excluding carboxylic acids is 4. The minimum atomic E-state index is -4.51. The van der Waals surface area contributed by atoms with Crippen molar-refractivity contribution in [3.05, 3.63) is 71.3 Å². The van der Waals surface area contributed by atoms with Crippen molar-refractivity contribution in [3.8, 4) is 0 Å². The van der Waals surface area contributed by atoms with Gasteiger partial charge < -0.3 is 32.3 Å². The highest BCUT2D eigenvalue weighted by Crippen LogP contribution is 2.29. The van der Waals surface area contributed by atoms with Crippen LogP contribution in [-0.4, -0.2) is 73.8 Å². The molecule has 0 spiro atoms. The fourth-order valence-corrected chi connectivity index (χ4v) is 4.09. The number of hydrogen-bond acceptors (Lipinski definition) is 6. The van der Waals surface area contributed by atoms with E-state index < -0.39 is 41.4 Å². The smallest absolute Gasteiger partial charge is 0.353 e. The molecule has 0 bridgehead atoms. The molecular formula is C29H39F3N6O4. The van der Waals surface area contributed by atoms with Gasteiger partial charge in [-0.15, -0.1) is 0 Å². The van der Waals surface area contributed by atoms with Crippen LogP contribution in [0.15, 0.2) is 54.6 Å². The van der Waals surface area contributed by atoms with Crippen molar-refractivity contribution >= 4 is 23.6 Å². The molecule has 0 aliphatic rings. The number of nitrogens with zero attached hydrogens (tertiary/aromatic N) is 1. The predicted molar refractivity (Wildman–Crippen MR) is 152 cm³/mol. The Morgan fingerprint density at radius 3 is 2.02 bits per heavy atom. The Morgan fingerprint density at radius 1 is 0.857 bits per heavy atom. The normalized spacial score (nSPS) is 12.6. The number of nitrogens with two attached hydrogens (primary N) is 2. The molecule has 10 nitrogen and oxygen atoms in total. The Morgan fingerprint density at radius 2 is 1.45 bits per heavy atom. The first-order chi connectivity index (χ1) is 20.0. The SMILES string of the molecule is C[C@@H](CC(=O)N(CCN)CCN)C(=O)N[C@@H](CCc1ccccc1)C(=O)NCCNC(=O)c1ccc(C(F)(F)F)cc1. The molecule has 0 saturated heterocycles. The van der Waals surface area contributed by atoms with E-state index in [4.69, 9.17) is 11.5 Å². The molecule has 0 heterocycles. The molecule has 42 heavy (non-hydrogen) atoms. The van der Waals surface area contributed by atoms with Crippen LogP contribution < -0.4 is 27.4 Å². The summed E-state index contributed by atoms with van der Waals surface area (Å²) < 4.78 is 38.2. The van der Waals surface area contributed by atoms with E-state index in [1.165, 1.54) is 4.90 Å². The zero-order chi connectivity index (χ0) is 31.1. The average molecular weight is 593 g/mol. The molecule has 0 aliphatic heterocycles. The molecule has 0 unspecified atom stereocenters. The molecule has 0 radical (unpaired) electrons. The number of halogens is 3. The van der Waals surface area contributed by atoms with Gasteiger partial charge in [-0.05, 0) is 42.7 Å². The van der Waals surface area contributed by atoms with Gasteiger partial charge >= 0.3 is 6.18 Å². The summed E-state index contributed by atoms with van der Waals surface area (Å²) in [4.78, 5) is 52.4. The maximum atomic E-state index is 13.0. The molecule has 7 N–H and O–H groups in total. The van der Waals surface area contributed by atoms with Crippen molar-refractivity contribution in [1.29, 1.82) is 0 Å². The van der Waals surface area contributed by atoms with Crippen molar-refractivity contribution in [1.82, 2.24) is 20.9 Å². The zero-order valence-corrected chi connectivity index (χ0v) is 23.6. The highest BCUT2D eigenvalue weighted by atomic mass is 19.4. The Labute approximate surface area is 243 Å². The number of benzene rings is 2. The Balaban J connectivity index is 1.95. The molecule has 0 aliphatic carbocycles. The average Bonchev–Trinajstić information content (AvgIpc) is 2.97. The van der Waals surface area contributed by atoms with E-state index in [1.807, 2.05) is 30.3 Å². The van der Waals surface area contributed by atoms with Crippen LogP contribution in [0.5, 0.6) is 0 Å². The van der Waals surface area contributed by atoms with Gasteiger partial charge in [0, 0.05) is 57.2 Å². The molecule has 2 rings (SSSR count). The molecule has 4 amide bonds. The lowest BCUT2D eigenvalue weighted by molar-refractivity contribution is -0.137. The number of aryl methyl sites for hydroxylation is 1. The monoisotopic (exact) mass is 592 g/mol. The van der Waals surface area contributed by atoms with Crippen molar-refractivity contribution in [2.24, 2.45) is 17.4 Å². The van der Waals surface area contributed by atoms with Crippen LogP contribution in [0.3, 0.4) is 0 Å². The van der Waals surface area contributed by atoms with E-state index >= 15 is 0 Å². The number of hydrogen-bond donors (Lipinski definition) is 5. The third-order valence-corrected chi connectivity index (χ3v) is 6.46. The fraction of sp³-hybridized carbons (Fsp3) is 0.448. The van der Waals surface area contributed by atoms with Gasteiger partial charge in [0.1, 0.15) is 6.04 Å². The van der Waals surface area contributed by atoms with E-state index in [0.717, 1.165) is 29.8 Å². The fourth-order valence-electron chi connectivity index (χ4n) is 4.09. The minimum absolute atomic E-state index is 0.00791. The zero-order valence-electron chi connectivity index (χ0n) is 23.6. The molecular weight excluding hydrogens is 553 g/mol. The second-order valence-corrected chi connectivity index (χ2v) is 9.77. The number of alkyl halides is 3. The number of amides is 4. The maximum Gasteiger partial charge on any atom is 0.416 e. The number of rotatable bonds is 16. The summed E-state index contributed by atoms with van der Waals surface area (Å²) in [6.07, 6.45) is -3.80. The molecule has 230 valence electrons. The maximum absolute atomic E-state index is 13.0. The quantitative estimate of drug-likeness (QED) is 0.186. The van der Waals surface area contributed by atoms with Gasteiger partial charge in [-0.1, -0.05) is 37.3 Å². The van der Waals surface area contributed by atoms with Crippen LogP contribution >= 0.6 is 0 Å². The highest BCUT2D eigenvalue weighted by molar-refractivity contribution is 5.94. The first kappa shape index (κ1) is 34.2. The molecule has 2 aromatic rings. The first-order valence-electron chi connectivity index (χ1n) is 13.7. The third kappa shape index (κ3) is 11.5. The van der Waals surface area contributed by atoms with Crippen LogP contribution in [0.2, 0.25) is 0 Å². The van der Waals surface area contributed by atoms with Crippen molar-refractivity contribution < 1.29 is 32.3 Å². The summed E-state index contributed by atoms with van der Waals surface area (Å²) in [5.74, 6) is -2.51. The van der Waals surface area contributed by atoms with Crippen LogP contribution in [0, 0.1) is 5.92 Å². The van der Waals surface area contributed by atoms with Gasteiger partial charge in [0.2, 0.25) is 17.7 Å². The molecule has 0 saturated carbocycles. The van der Waals surface area contributed by atoms with Gasteiger partial charge in [-0.2, -0.15) is 13.2 Å². The highest BCUT2D eigenvalue weighted by Gasteiger charge is 2.30. The van der Waals surface area contributed by atoms with Gasteiger partial charge in [0.05, 0.1) is 5.56 Å². The topological polar surface area (TPSA) is 160 Å². The van der Waals surface area contributed by atoms with Gasteiger partial charge in [0.15, 0.2) is 0 Å². The van der Waals surface area contributed by atoms with Crippen LogP contribution in [0.25, 0.3) is 0 Å². The Hall–Kier alpha value is -3.97. The van der Waals surface area contributed by atoms with Crippen molar-refractivity contribution in [2.45, 2.75) is 38.4 Å². The molecule has 2 atom stereocenters. The summed E-state index contributed by atoms with van der Waals surface area (Å²) in [6.45, 7) is 2.79. The van der Waals surface area contributed by atoms with Gasteiger partial charge in [0.25, 0.3) is 5.91 Å². The van der Waals surface area contributed by atoms with E-state index in [9.17, 15) is 32.3 Å². The summed E-state index contributed by atoms with van der Waals surface area (Å²) >= 11 is 0. The Kier molecular flexibility index (Phi) is 13.9. The van der Waals surface area contributed by atoms with E-state index in [1.54, 1.807) is 6.92 Å². The summed E-state index contributed by atoms with van der Waals surface area (Å²) in [5.41, 5.74) is 11.3. The summed E-state index contributed by atoms with van der Waals surface area (Å²) in [5, 5.41) is 7.95. The summed E-state index contributed by atoms with van der Waals surface area (Å²) in [7, 11) is 0. The van der Waals surface area contributed by atoms with Crippen LogP contribution in [0.4, 0.5) is 13.2 Å². The van der Waals surface area contributed by atoms with Gasteiger partial charge in [-0.3, -0.25) is 19.2 Å². The van der Waals surface area contributed by atoms with Crippen molar-refractivity contribution in [3.63, 3.8) is 0 Å². The van der Waals surface area contributed by atoms with E-state index in [0.29, 0.717) is 19.5 Å². The predicted octanol–water partition coefficient (Wildman–Crippen LogP) is 1.44.